The normalized spacial score (nSPS) is 12.6. The molecule has 0 heterocycles. The van der Waals surface area contributed by atoms with Gasteiger partial charge in [0.2, 0.25) is 0 Å². The van der Waals surface area contributed by atoms with Crippen LogP contribution >= 0.6 is 0 Å². The summed E-state index contributed by atoms with van der Waals surface area (Å²) in [5.41, 5.74) is 2.47. The van der Waals surface area contributed by atoms with Gasteiger partial charge in [-0.25, -0.2) is 0 Å². The zero-order chi connectivity index (χ0) is 14.7. The molecule has 0 aliphatic rings. The number of hydrogen-bond donors (Lipinski definition) is 2. The van der Waals surface area contributed by atoms with Crippen molar-refractivity contribution in [3.63, 3.8) is 0 Å². The maximum atomic E-state index is 8.91. The number of hydrogen-bond acceptors (Lipinski definition) is 3. The molecule has 0 aromatic heterocycles. The first-order chi connectivity index (χ1) is 8.72. The van der Waals surface area contributed by atoms with Gasteiger partial charge in [-0.05, 0) is 22.6 Å². The molecule has 3 heteroatoms. The SMILES string of the molecule is COc1ccc(C(C)(C)CNCO)cc1C(C)(C)C. The van der Waals surface area contributed by atoms with Crippen LogP contribution in [0.4, 0.5) is 0 Å². The van der Waals surface area contributed by atoms with Gasteiger partial charge >= 0.3 is 0 Å². The molecular weight excluding hydrogens is 238 g/mol. The van der Waals surface area contributed by atoms with Gasteiger partial charge in [0.15, 0.2) is 0 Å². The zero-order valence-corrected chi connectivity index (χ0v) is 13.0. The summed E-state index contributed by atoms with van der Waals surface area (Å²) in [5.74, 6) is 0.933. The Balaban J connectivity index is 3.18. The number of methoxy groups -OCH3 is 1. The number of nitrogens with one attached hydrogen (secondary N) is 1. The fourth-order valence-corrected chi connectivity index (χ4v) is 2.19. The molecule has 0 atom stereocenters. The predicted octanol–water partition coefficient (Wildman–Crippen LogP) is 2.81. The molecule has 0 bridgehead atoms. The first-order valence-corrected chi connectivity index (χ1v) is 6.73. The minimum Gasteiger partial charge on any atom is -0.496 e. The Morgan fingerprint density at radius 3 is 2.26 bits per heavy atom. The van der Waals surface area contributed by atoms with Crippen LogP contribution < -0.4 is 10.1 Å². The van der Waals surface area contributed by atoms with Gasteiger partial charge in [-0.3, -0.25) is 5.32 Å². The van der Waals surface area contributed by atoms with Gasteiger partial charge in [0.1, 0.15) is 5.75 Å². The molecule has 1 rings (SSSR count). The molecule has 0 saturated heterocycles. The van der Waals surface area contributed by atoms with E-state index in [1.165, 1.54) is 11.1 Å². The highest BCUT2D eigenvalue weighted by Crippen LogP contribution is 2.35. The van der Waals surface area contributed by atoms with Crippen molar-refractivity contribution in [2.24, 2.45) is 0 Å². The molecule has 0 aliphatic carbocycles. The van der Waals surface area contributed by atoms with Crippen molar-refractivity contribution in [3.8, 4) is 5.75 Å². The first-order valence-electron chi connectivity index (χ1n) is 6.73. The molecule has 2 N–H and O–H groups in total. The van der Waals surface area contributed by atoms with Gasteiger partial charge in [-0.2, -0.15) is 0 Å². The van der Waals surface area contributed by atoms with Gasteiger partial charge in [0.25, 0.3) is 0 Å². The summed E-state index contributed by atoms with van der Waals surface area (Å²) < 4.78 is 5.47. The van der Waals surface area contributed by atoms with Gasteiger partial charge in [-0.15, -0.1) is 0 Å². The van der Waals surface area contributed by atoms with Crippen LogP contribution in [0.5, 0.6) is 5.75 Å². The smallest absolute Gasteiger partial charge is 0.122 e. The topological polar surface area (TPSA) is 41.5 Å². The number of aliphatic hydroxyl groups excluding tert-OH is 1. The van der Waals surface area contributed by atoms with Crippen LogP contribution in [0.1, 0.15) is 45.7 Å². The monoisotopic (exact) mass is 265 g/mol. The highest BCUT2D eigenvalue weighted by Gasteiger charge is 2.25. The van der Waals surface area contributed by atoms with Crippen molar-refractivity contribution < 1.29 is 9.84 Å². The second kappa shape index (κ2) is 5.93. The number of ether oxygens (including phenoxy) is 1. The van der Waals surface area contributed by atoms with Gasteiger partial charge < -0.3 is 9.84 Å². The van der Waals surface area contributed by atoms with Crippen LogP contribution in [-0.4, -0.2) is 25.5 Å². The lowest BCUT2D eigenvalue weighted by Gasteiger charge is -2.29. The van der Waals surface area contributed by atoms with E-state index in [2.05, 4.69) is 52.1 Å². The molecule has 0 amide bonds. The molecule has 0 fully saturated rings. The van der Waals surface area contributed by atoms with Gasteiger partial charge in [-0.1, -0.05) is 46.8 Å². The van der Waals surface area contributed by atoms with E-state index < -0.39 is 0 Å². The second-order valence-electron chi connectivity index (χ2n) is 6.63. The number of benzene rings is 1. The molecular formula is C16H27NO2. The van der Waals surface area contributed by atoms with Crippen LogP contribution in [-0.2, 0) is 10.8 Å². The van der Waals surface area contributed by atoms with E-state index in [-0.39, 0.29) is 17.6 Å². The van der Waals surface area contributed by atoms with Gasteiger partial charge in [0, 0.05) is 12.0 Å². The fourth-order valence-electron chi connectivity index (χ4n) is 2.19. The van der Waals surface area contributed by atoms with Crippen molar-refractivity contribution in [2.45, 2.75) is 45.4 Å². The quantitative estimate of drug-likeness (QED) is 0.804. The molecule has 1 aromatic carbocycles. The van der Waals surface area contributed by atoms with Crippen LogP contribution in [0.15, 0.2) is 18.2 Å². The standard InChI is InChI=1S/C16H27NO2/c1-15(2,3)13-9-12(7-8-14(13)19-6)16(4,5)10-17-11-18/h7-9,17-18H,10-11H2,1-6H3. The van der Waals surface area contributed by atoms with Gasteiger partial charge in [0.05, 0.1) is 13.8 Å². The summed E-state index contributed by atoms with van der Waals surface area (Å²) in [4.78, 5) is 0. The van der Waals surface area contributed by atoms with Crippen LogP contribution in [0.2, 0.25) is 0 Å². The zero-order valence-electron chi connectivity index (χ0n) is 13.0. The number of rotatable bonds is 5. The summed E-state index contributed by atoms with van der Waals surface area (Å²) in [7, 11) is 1.71. The summed E-state index contributed by atoms with van der Waals surface area (Å²) in [5, 5.41) is 11.9. The van der Waals surface area contributed by atoms with E-state index in [1.54, 1.807) is 7.11 Å². The maximum absolute atomic E-state index is 8.91. The molecule has 3 nitrogen and oxygen atoms in total. The Labute approximate surface area is 117 Å². The fraction of sp³-hybridized carbons (Fsp3) is 0.625. The Bertz CT molecular complexity index is 419. The van der Waals surface area contributed by atoms with E-state index in [1.807, 2.05) is 6.07 Å². The summed E-state index contributed by atoms with van der Waals surface area (Å²) in [6, 6.07) is 6.36. The van der Waals surface area contributed by atoms with Crippen molar-refractivity contribution >= 4 is 0 Å². The van der Waals surface area contributed by atoms with E-state index in [9.17, 15) is 0 Å². The molecule has 1 aromatic rings. The molecule has 0 radical (unpaired) electrons. The maximum Gasteiger partial charge on any atom is 0.122 e. The summed E-state index contributed by atoms with van der Waals surface area (Å²) in [6.45, 7) is 11.6. The first kappa shape index (κ1) is 16.0. The van der Waals surface area contributed by atoms with E-state index >= 15 is 0 Å². The third kappa shape index (κ3) is 3.95. The molecule has 19 heavy (non-hydrogen) atoms. The van der Waals surface area contributed by atoms with Crippen molar-refractivity contribution in [2.75, 3.05) is 20.4 Å². The van der Waals surface area contributed by atoms with E-state index in [0.717, 1.165) is 12.3 Å². The van der Waals surface area contributed by atoms with E-state index in [4.69, 9.17) is 9.84 Å². The highest BCUT2D eigenvalue weighted by atomic mass is 16.5. The minimum absolute atomic E-state index is 0.00567. The van der Waals surface area contributed by atoms with Crippen molar-refractivity contribution in [1.82, 2.24) is 5.32 Å². The Hall–Kier alpha value is -1.06. The lowest BCUT2D eigenvalue weighted by Crippen LogP contribution is -2.33. The van der Waals surface area contributed by atoms with Crippen LogP contribution in [0.25, 0.3) is 0 Å². The average Bonchev–Trinajstić information content (AvgIpc) is 2.34. The Kier molecular flexibility index (Phi) is 4.99. The van der Waals surface area contributed by atoms with Crippen molar-refractivity contribution in [1.29, 1.82) is 0 Å². The average molecular weight is 265 g/mol. The second-order valence-corrected chi connectivity index (χ2v) is 6.63. The molecule has 0 spiro atoms. The van der Waals surface area contributed by atoms with Crippen molar-refractivity contribution in [3.05, 3.63) is 29.3 Å². The third-order valence-electron chi connectivity index (χ3n) is 3.47. The lowest BCUT2D eigenvalue weighted by atomic mass is 9.79. The largest absolute Gasteiger partial charge is 0.496 e. The number of aliphatic hydroxyl groups is 1. The Morgan fingerprint density at radius 2 is 1.79 bits per heavy atom. The third-order valence-corrected chi connectivity index (χ3v) is 3.47. The van der Waals surface area contributed by atoms with Crippen LogP contribution in [0.3, 0.4) is 0 Å². The lowest BCUT2D eigenvalue weighted by molar-refractivity contribution is 0.247. The van der Waals surface area contributed by atoms with Crippen LogP contribution in [0, 0.1) is 0 Å². The molecule has 0 aliphatic heterocycles. The Morgan fingerprint density at radius 1 is 1.16 bits per heavy atom. The highest BCUT2D eigenvalue weighted by molar-refractivity contribution is 5.43. The van der Waals surface area contributed by atoms with E-state index in [0.29, 0.717) is 0 Å². The minimum atomic E-state index is -0.0327. The summed E-state index contributed by atoms with van der Waals surface area (Å²) in [6.07, 6.45) is 0. The molecule has 0 saturated carbocycles. The molecule has 108 valence electrons. The predicted molar refractivity (Wildman–Crippen MR) is 79.8 cm³/mol. The summed E-state index contributed by atoms with van der Waals surface area (Å²) >= 11 is 0. The molecule has 0 unspecified atom stereocenters.